The fourth-order valence-electron chi connectivity index (χ4n) is 1.91. The fraction of sp³-hybridized carbons (Fsp3) is 0.462. The maximum absolute atomic E-state index is 6.11. The largest absolute Gasteiger partial charge is 0.370 e. The highest BCUT2D eigenvalue weighted by molar-refractivity contribution is 6.30. The molecule has 0 aliphatic carbocycles. The molecule has 2 aromatic heterocycles. The molecule has 0 amide bonds. The highest BCUT2D eigenvalue weighted by atomic mass is 35.5. The zero-order valence-corrected chi connectivity index (χ0v) is 11.9. The zero-order valence-electron chi connectivity index (χ0n) is 11.2. The van der Waals surface area contributed by atoms with Gasteiger partial charge in [-0.05, 0) is 18.4 Å². The number of nitrogens with zero attached hydrogens (tertiary/aromatic N) is 4. The Morgan fingerprint density at radius 3 is 2.89 bits per heavy atom. The molecule has 102 valence electrons. The van der Waals surface area contributed by atoms with E-state index in [2.05, 4.69) is 34.2 Å². The first-order chi connectivity index (χ1) is 9.18. The maximum atomic E-state index is 6.11. The predicted octanol–water partition coefficient (Wildman–Crippen LogP) is 2.95. The van der Waals surface area contributed by atoms with Crippen LogP contribution in [0.5, 0.6) is 0 Å². The third-order valence-corrected chi connectivity index (χ3v) is 3.13. The lowest BCUT2D eigenvalue weighted by atomic mass is 10.1. The number of hydrogen-bond donors (Lipinski definition) is 1. The van der Waals surface area contributed by atoms with Gasteiger partial charge in [0.2, 0.25) is 0 Å². The van der Waals surface area contributed by atoms with E-state index in [1.165, 1.54) is 6.33 Å². The van der Waals surface area contributed by atoms with E-state index in [-0.39, 0.29) is 0 Å². The zero-order chi connectivity index (χ0) is 13.7. The topological polar surface area (TPSA) is 55.6 Å². The van der Waals surface area contributed by atoms with Crippen LogP contribution < -0.4 is 5.32 Å². The van der Waals surface area contributed by atoms with Crippen molar-refractivity contribution in [2.75, 3.05) is 11.9 Å². The average molecular weight is 280 g/mol. The van der Waals surface area contributed by atoms with Gasteiger partial charge in [-0.15, -0.1) is 0 Å². The Bertz CT molecular complexity index is 510. The molecule has 0 saturated heterocycles. The van der Waals surface area contributed by atoms with Crippen LogP contribution in [-0.4, -0.2) is 26.3 Å². The SMILES string of the molecule is CC(C)c1c(Cl)ncnc1NCCCn1cccn1. The molecule has 2 rings (SSSR count). The summed E-state index contributed by atoms with van der Waals surface area (Å²) >= 11 is 6.11. The smallest absolute Gasteiger partial charge is 0.138 e. The first-order valence-electron chi connectivity index (χ1n) is 6.40. The van der Waals surface area contributed by atoms with Gasteiger partial charge in [0, 0.05) is 31.0 Å². The molecular formula is C13H18ClN5. The third kappa shape index (κ3) is 3.67. The molecule has 2 aromatic rings. The molecule has 0 unspecified atom stereocenters. The molecule has 0 aromatic carbocycles. The van der Waals surface area contributed by atoms with Crippen molar-refractivity contribution in [1.29, 1.82) is 0 Å². The molecule has 1 N–H and O–H groups in total. The minimum Gasteiger partial charge on any atom is -0.370 e. The first-order valence-corrected chi connectivity index (χ1v) is 6.78. The number of halogens is 1. The van der Waals surface area contributed by atoms with Crippen LogP contribution in [0.1, 0.15) is 31.7 Å². The lowest BCUT2D eigenvalue weighted by molar-refractivity contribution is 0.591. The van der Waals surface area contributed by atoms with E-state index in [0.717, 1.165) is 30.9 Å². The Kier molecular flexibility index (Phi) is 4.74. The Labute approximate surface area is 118 Å². The van der Waals surface area contributed by atoms with Crippen molar-refractivity contribution < 1.29 is 0 Å². The number of aromatic nitrogens is 4. The number of rotatable bonds is 6. The van der Waals surface area contributed by atoms with Gasteiger partial charge in [-0.3, -0.25) is 4.68 Å². The summed E-state index contributed by atoms with van der Waals surface area (Å²) in [6.45, 7) is 5.88. The quantitative estimate of drug-likeness (QED) is 0.652. The van der Waals surface area contributed by atoms with Crippen molar-refractivity contribution in [3.8, 4) is 0 Å². The first kappa shape index (κ1) is 13.8. The molecule has 5 nitrogen and oxygen atoms in total. The van der Waals surface area contributed by atoms with Gasteiger partial charge in [0.1, 0.15) is 17.3 Å². The monoisotopic (exact) mass is 279 g/mol. The standard InChI is InChI=1S/C13H18ClN5/c1-10(2)11-12(14)16-9-17-13(11)15-5-3-7-19-8-4-6-18-19/h4,6,8-10H,3,5,7H2,1-2H3,(H,15,16,17). The molecule has 0 bridgehead atoms. The van der Waals surface area contributed by atoms with Gasteiger partial charge < -0.3 is 5.32 Å². The highest BCUT2D eigenvalue weighted by Gasteiger charge is 2.12. The van der Waals surface area contributed by atoms with Gasteiger partial charge in [0.05, 0.1) is 0 Å². The van der Waals surface area contributed by atoms with Crippen LogP contribution in [0, 0.1) is 0 Å². The van der Waals surface area contributed by atoms with Crippen molar-refractivity contribution in [3.05, 3.63) is 35.5 Å². The summed E-state index contributed by atoms with van der Waals surface area (Å²) in [6.07, 6.45) is 6.21. The van der Waals surface area contributed by atoms with Crippen molar-refractivity contribution >= 4 is 17.4 Å². The van der Waals surface area contributed by atoms with E-state index < -0.39 is 0 Å². The second kappa shape index (κ2) is 6.52. The normalized spacial score (nSPS) is 10.9. The predicted molar refractivity (Wildman–Crippen MR) is 76.5 cm³/mol. The van der Waals surface area contributed by atoms with Crippen molar-refractivity contribution in [2.45, 2.75) is 32.7 Å². The van der Waals surface area contributed by atoms with Gasteiger partial charge in [-0.2, -0.15) is 5.10 Å². The van der Waals surface area contributed by atoms with E-state index in [9.17, 15) is 0 Å². The molecule has 0 aliphatic rings. The lowest BCUT2D eigenvalue weighted by Crippen LogP contribution is -2.11. The second-order valence-corrected chi connectivity index (χ2v) is 4.99. The van der Waals surface area contributed by atoms with Crippen LogP contribution >= 0.6 is 11.6 Å². The minimum atomic E-state index is 0.294. The summed E-state index contributed by atoms with van der Waals surface area (Å²) in [6, 6.07) is 1.93. The van der Waals surface area contributed by atoms with E-state index in [1.807, 2.05) is 16.9 Å². The van der Waals surface area contributed by atoms with Gasteiger partial charge in [-0.25, -0.2) is 9.97 Å². The van der Waals surface area contributed by atoms with E-state index in [0.29, 0.717) is 11.1 Å². The summed E-state index contributed by atoms with van der Waals surface area (Å²) in [5.41, 5.74) is 0.975. The van der Waals surface area contributed by atoms with Crippen LogP contribution in [0.2, 0.25) is 5.15 Å². The number of aryl methyl sites for hydroxylation is 1. The summed E-state index contributed by atoms with van der Waals surface area (Å²) in [7, 11) is 0. The summed E-state index contributed by atoms with van der Waals surface area (Å²) < 4.78 is 1.91. The summed E-state index contributed by atoms with van der Waals surface area (Å²) in [5, 5.41) is 8.01. The highest BCUT2D eigenvalue weighted by Crippen LogP contribution is 2.27. The Balaban J connectivity index is 1.90. The van der Waals surface area contributed by atoms with Crippen molar-refractivity contribution in [3.63, 3.8) is 0 Å². The van der Waals surface area contributed by atoms with Crippen LogP contribution in [0.4, 0.5) is 5.82 Å². The van der Waals surface area contributed by atoms with Gasteiger partial charge >= 0.3 is 0 Å². The molecule has 0 saturated carbocycles. The average Bonchev–Trinajstić information content (AvgIpc) is 2.87. The molecule has 6 heteroatoms. The molecule has 0 radical (unpaired) electrons. The number of hydrogen-bond acceptors (Lipinski definition) is 4. The van der Waals surface area contributed by atoms with Gasteiger partial charge in [-0.1, -0.05) is 25.4 Å². The second-order valence-electron chi connectivity index (χ2n) is 4.63. The van der Waals surface area contributed by atoms with E-state index in [1.54, 1.807) is 6.20 Å². The summed E-state index contributed by atoms with van der Waals surface area (Å²) in [4.78, 5) is 8.30. The fourth-order valence-corrected chi connectivity index (χ4v) is 2.26. The third-order valence-electron chi connectivity index (χ3n) is 2.83. The van der Waals surface area contributed by atoms with Crippen LogP contribution in [-0.2, 0) is 6.54 Å². The number of anilines is 1. The summed E-state index contributed by atoms with van der Waals surface area (Å²) in [5.74, 6) is 1.12. The molecule has 0 fully saturated rings. The van der Waals surface area contributed by atoms with Crippen molar-refractivity contribution in [2.24, 2.45) is 0 Å². The Hall–Kier alpha value is -1.62. The minimum absolute atomic E-state index is 0.294. The maximum Gasteiger partial charge on any atom is 0.138 e. The van der Waals surface area contributed by atoms with Gasteiger partial charge in [0.25, 0.3) is 0 Å². The van der Waals surface area contributed by atoms with Gasteiger partial charge in [0.15, 0.2) is 0 Å². The molecular weight excluding hydrogens is 262 g/mol. The van der Waals surface area contributed by atoms with Crippen LogP contribution in [0.3, 0.4) is 0 Å². The van der Waals surface area contributed by atoms with Crippen LogP contribution in [0.15, 0.2) is 24.8 Å². The van der Waals surface area contributed by atoms with Crippen LogP contribution in [0.25, 0.3) is 0 Å². The Morgan fingerprint density at radius 2 is 2.21 bits per heavy atom. The molecule has 19 heavy (non-hydrogen) atoms. The van der Waals surface area contributed by atoms with Crippen molar-refractivity contribution in [1.82, 2.24) is 19.7 Å². The molecule has 0 aliphatic heterocycles. The van der Waals surface area contributed by atoms with E-state index >= 15 is 0 Å². The Morgan fingerprint density at radius 1 is 1.37 bits per heavy atom. The van der Waals surface area contributed by atoms with E-state index in [4.69, 9.17) is 11.6 Å². The number of nitrogens with one attached hydrogen (secondary N) is 1. The molecule has 2 heterocycles. The molecule has 0 spiro atoms. The lowest BCUT2D eigenvalue weighted by Gasteiger charge is -2.14. The molecule has 0 atom stereocenters.